The first-order valence-corrected chi connectivity index (χ1v) is 6.28. The molecule has 0 aromatic carbocycles. The molecule has 7 atom stereocenters. The van der Waals surface area contributed by atoms with Crippen LogP contribution in [-0.2, 0) is 9.53 Å². The lowest BCUT2D eigenvalue weighted by Gasteiger charge is -2.60. The summed E-state index contributed by atoms with van der Waals surface area (Å²) in [4.78, 5) is 15.5. The van der Waals surface area contributed by atoms with Crippen LogP contribution < -0.4 is 11.1 Å². The van der Waals surface area contributed by atoms with E-state index in [9.17, 15) is 25.2 Å². The monoisotopic (exact) mass is 287 g/mol. The summed E-state index contributed by atoms with van der Waals surface area (Å²) in [6.45, 7) is 1.39. The van der Waals surface area contributed by atoms with Crippen LogP contribution in [0, 0.1) is 5.92 Å². The average molecular weight is 287 g/mol. The number of aliphatic imine (C=N–C) groups is 1. The molecule has 2 fully saturated rings. The van der Waals surface area contributed by atoms with E-state index in [-0.39, 0.29) is 12.4 Å². The Morgan fingerprint density at radius 2 is 2.10 bits per heavy atom. The molecule has 9 heteroatoms. The molecule has 20 heavy (non-hydrogen) atoms. The second-order valence-corrected chi connectivity index (χ2v) is 5.86. The van der Waals surface area contributed by atoms with Gasteiger partial charge < -0.3 is 36.2 Å². The van der Waals surface area contributed by atoms with Gasteiger partial charge in [0.15, 0.2) is 24.4 Å². The van der Waals surface area contributed by atoms with Crippen LogP contribution in [0.25, 0.3) is 0 Å². The lowest BCUT2D eigenvalue weighted by molar-refractivity contribution is -0.267. The molecule has 3 rings (SSSR count). The van der Waals surface area contributed by atoms with Crippen molar-refractivity contribution in [2.24, 2.45) is 16.6 Å². The van der Waals surface area contributed by atoms with Gasteiger partial charge in [-0.1, -0.05) is 0 Å². The molecule has 0 amide bonds. The van der Waals surface area contributed by atoms with Crippen molar-refractivity contribution in [3.05, 3.63) is 0 Å². The number of hydrogen-bond donors (Lipinski definition) is 6. The predicted octanol–water partition coefficient (Wildman–Crippen LogP) is -3.62. The van der Waals surface area contributed by atoms with Crippen molar-refractivity contribution in [3.63, 3.8) is 0 Å². The largest absolute Gasteiger partial charge is 0.454 e. The molecular weight excluding hydrogens is 270 g/mol. The van der Waals surface area contributed by atoms with Crippen molar-refractivity contribution < 1.29 is 30.0 Å². The molecule has 112 valence electrons. The third kappa shape index (κ3) is 1.46. The van der Waals surface area contributed by atoms with Gasteiger partial charge in [0.2, 0.25) is 0 Å². The summed E-state index contributed by atoms with van der Waals surface area (Å²) in [5, 5.41) is 43.6. The van der Waals surface area contributed by atoms with Crippen LogP contribution >= 0.6 is 0 Å². The fourth-order valence-electron chi connectivity index (χ4n) is 3.55. The van der Waals surface area contributed by atoms with E-state index in [0.29, 0.717) is 0 Å². The number of nitrogens with one attached hydrogen (secondary N) is 1. The minimum atomic E-state index is -1.72. The van der Waals surface area contributed by atoms with Crippen molar-refractivity contribution in [1.82, 2.24) is 5.32 Å². The highest BCUT2D eigenvalue weighted by molar-refractivity contribution is 5.84. The van der Waals surface area contributed by atoms with E-state index in [1.54, 1.807) is 0 Å². The molecule has 1 spiro atoms. The van der Waals surface area contributed by atoms with E-state index in [4.69, 9.17) is 10.5 Å². The zero-order chi connectivity index (χ0) is 14.9. The van der Waals surface area contributed by atoms with Crippen LogP contribution in [0.4, 0.5) is 0 Å². The number of hydrogen-bond acceptors (Lipinski definition) is 9. The lowest BCUT2D eigenvalue weighted by Crippen LogP contribution is -2.84. The number of fused-ring (bicyclic) bond motifs is 1. The van der Waals surface area contributed by atoms with E-state index >= 15 is 0 Å². The van der Waals surface area contributed by atoms with E-state index in [1.807, 2.05) is 0 Å². The molecule has 2 aliphatic heterocycles. The quantitative estimate of drug-likeness (QED) is 0.249. The highest BCUT2D eigenvalue weighted by Gasteiger charge is 2.70. The molecule has 0 unspecified atom stereocenters. The number of carbonyl (C=O) groups is 1. The van der Waals surface area contributed by atoms with E-state index in [1.165, 1.54) is 6.92 Å². The maximum Gasteiger partial charge on any atom is 0.338 e. The maximum atomic E-state index is 11.8. The SMILES string of the molecule is C[C@]1(O)C[C@@H]2[C@@H](O)N=C(N)N[C@]23[C@H](O)C(=O)O[C@H]1[C@H]3O. The second kappa shape index (κ2) is 3.82. The molecule has 2 heterocycles. The normalized spacial score (nSPS) is 54.4. The number of nitrogens with zero attached hydrogens (tertiary/aromatic N) is 1. The van der Waals surface area contributed by atoms with Crippen molar-refractivity contribution in [3.8, 4) is 0 Å². The molecule has 2 bridgehead atoms. The first-order valence-electron chi connectivity index (χ1n) is 6.28. The number of aliphatic hydroxyl groups is 4. The van der Waals surface area contributed by atoms with Gasteiger partial charge in [-0.05, 0) is 13.3 Å². The first kappa shape index (κ1) is 13.6. The Hall–Kier alpha value is -1.42. The van der Waals surface area contributed by atoms with Gasteiger partial charge in [0.25, 0.3) is 0 Å². The number of rotatable bonds is 0. The van der Waals surface area contributed by atoms with Gasteiger partial charge >= 0.3 is 5.97 Å². The molecule has 1 saturated heterocycles. The number of esters is 1. The summed E-state index contributed by atoms with van der Waals surface area (Å²) in [5.41, 5.74) is 2.38. The Bertz CT molecular complexity index is 495. The van der Waals surface area contributed by atoms with Gasteiger partial charge in [-0.25, -0.2) is 9.79 Å². The van der Waals surface area contributed by atoms with Crippen LogP contribution in [0.5, 0.6) is 0 Å². The fourth-order valence-corrected chi connectivity index (χ4v) is 3.55. The summed E-state index contributed by atoms with van der Waals surface area (Å²) < 4.78 is 4.92. The number of nitrogens with two attached hydrogens (primary N) is 1. The van der Waals surface area contributed by atoms with Crippen LogP contribution in [0.2, 0.25) is 0 Å². The summed E-state index contributed by atoms with van der Waals surface area (Å²) in [6.07, 6.45) is -5.75. The lowest BCUT2D eigenvalue weighted by atomic mass is 9.59. The van der Waals surface area contributed by atoms with E-state index in [2.05, 4.69) is 10.3 Å². The van der Waals surface area contributed by atoms with E-state index in [0.717, 1.165) is 0 Å². The van der Waals surface area contributed by atoms with Gasteiger partial charge in [0.05, 0.1) is 0 Å². The number of aliphatic hydroxyl groups excluding tert-OH is 3. The average Bonchev–Trinajstić information content (AvgIpc) is 2.33. The van der Waals surface area contributed by atoms with Crippen molar-refractivity contribution in [2.45, 2.75) is 49.0 Å². The zero-order valence-corrected chi connectivity index (χ0v) is 10.7. The Morgan fingerprint density at radius 3 is 2.75 bits per heavy atom. The van der Waals surface area contributed by atoms with Crippen LogP contribution in [0.3, 0.4) is 0 Å². The minimum absolute atomic E-state index is 0.0238. The van der Waals surface area contributed by atoms with Crippen molar-refractivity contribution in [2.75, 3.05) is 0 Å². The third-order valence-corrected chi connectivity index (χ3v) is 4.53. The summed E-state index contributed by atoms with van der Waals surface area (Å²) in [6, 6.07) is 0. The van der Waals surface area contributed by atoms with Gasteiger partial charge in [0, 0.05) is 5.92 Å². The Kier molecular flexibility index (Phi) is 2.59. The van der Waals surface area contributed by atoms with Crippen LogP contribution in [-0.4, -0.2) is 68.0 Å². The highest BCUT2D eigenvalue weighted by Crippen LogP contribution is 2.48. The maximum absolute atomic E-state index is 11.8. The van der Waals surface area contributed by atoms with Crippen LogP contribution in [0.15, 0.2) is 4.99 Å². The van der Waals surface area contributed by atoms with Gasteiger partial charge in [-0.2, -0.15) is 0 Å². The first-order chi connectivity index (χ1) is 9.20. The Balaban J connectivity index is 2.16. The number of guanidine groups is 1. The van der Waals surface area contributed by atoms with Gasteiger partial charge in [-0.15, -0.1) is 0 Å². The summed E-state index contributed by atoms with van der Waals surface area (Å²) in [5.74, 6) is -2.07. The second-order valence-electron chi connectivity index (χ2n) is 5.86. The number of ether oxygens (including phenoxy) is 1. The Morgan fingerprint density at radius 1 is 1.45 bits per heavy atom. The van der Waals surface area contributed by atoms with Crippen molar-refractivity contribution in [1.29, 1.82) is 0 Å². The number of carbonyl (C=O) groups excluding carboxylic acids is 1. The predicted molar refractivity (Wildman–Crippen MR) is 64.1 cm³/mol. The molecule has 0 aromatic heterocycles. The summed E-state index contributed by atoms with van der Waals surface area (Å²) in [7, 11) is 0. The summed E-state index contributed by atoms with van der Waals surface area (Å²) >= 11 is 0. The smallest absolute Gasteiger partial charge is 0.338 e. The van der Waals surface area contributed by atoms with Gasteiger partial charge in [-0.3, -0.25) is 0 Å². The van der Waals surface area contributed by atoms with E-state index < -0.39 is 47.6 Å². The topological polar surface area (TPSA) is 158 Å². The Labute approximate surface area is 114 Å². The minimum Gasteiger partial charge on any atom is -0.454 e. The zero-order valence-electron chi connectivity index (χ0n) is 10.7. The molecule has 0 radical (unpaired) electrons. The molecule has 1 aliphatic carbocycles. The molecule has 1 saturated carbocycles. The fraction of sp³-hybridized carbons (Fsp3) is 0.818. The molecule has 7 N–H and O–H groups in total. The highest BCUT2D eigenvalue weighted by atomic mass is 16.6. The molecular formula is C11H17N3O6. The molecule has 9 nitrogen and oxygen atoms in total. The molecule has 3 aliphatic rings. The third-order valence-electron chi connectivity index (χ3n) is 4.53. The van der Waals surface area contributed by atoms with Crippen molar-refractivity contribution >= 4 is 11.9 Å². The van der Waals surface area contributed by atoms with Gasteiger partial charge in [0.1, 0.15) is 17.2 Å². The standard InChI is InChI=1S/C11H17N3O6/c1-10(19)2-3-7(17)13-9(12)14-11(3)4(15)6(10)20-8(18)5(11)16/h3-7,15-17,19H,2H2,1H3,(H3,12,13,14)/t3-,4-,5-,6+,7-,10+,11-/m1/s1. The van der Waals surface area contributed by atoms with Crippen LogP contribution in [0.1, 0.15) is 13.3 Å². The molecule has 0 aromatic rings.